The summed E-state index contributed by atoms with van der Waals surface area (Å²) in [5.74, 6) is 0.281. The second kappa shape index (κ2) is 7.89. The number of hydrogen-bond donors (Lipinski definition) is 2. The van der Waals surface area contributed by atoms with Crippen LogP contribution in [0, 0.1) is 5.92 Å². The molecule has 1 aromatic rings. The lowest BCUT2D eigenvalue weighted by Crippen LogP contribution is -2.33. The summed E-state index contributed by atoms with van der Waals surface area (Å²) >= 11 is 0. The Morgan fingerprint density at radius 3 is 2.67 bits per heavy atom. The van der Waals surface area contributed by atoms with Crippen molar-refractivity contribution in [2.45, 2.75) is 24.2 Å². The van der Waals surface area contributed by atoms with Gasteiger partial charge in [0.05, 0.1) is 11.5 Å². The van der Waals surface area contributed by atoms with Crippen LogP contribution in [0.2, 0.25) is 0 Å². The standard InChI is InChI=1S/C15H24N2O3S/c1-16-9-8-13-4-6-15(7-5-13)21(18,19)17-11-14-3-2-10-20-12-14/h4-7,14,16-17H,2-3,8-12H2,1H3. The van der Waals surface area contributed by atoms with Crippen molar-refractivity contribution in [3.8, 4) is 0 Å². The second-order valence-corrected chi connectivity index (χ2v) is 7.20. The fourth-order valence-electron chi connectivity index (χ4n) is 2.38. The fourth-order valence-corrected chi connectivity index (χ4v) is 3.50. The van der Waals surface area contributed by atoms with Gasteiger partial charge in [0.25, 0.3) is 0 Å². The lowest BCUT2D eigenvalue weighted by molar-refractivity contribution is 0.0568. The predicted octanol–water partition coefficient (Wildman–Crippen LogP) is 1.15. The lowest BCUT2D eigenvalue weighted by Gasteiger charge is -2.22. The number of sulfonamides is 1. The van der Waals surface area contributed by atoms with Crippen molar-refractivity contribution in [2.75, 3.05) is 33.4 Å². The molecule has 1 saturated heterocycles. The summed E-state index contributed by atoms with van der Waals surface area (Å²) < 4.78 is 32.5. The molecule has 1 aromatic carbocycles. The summed E-state index contributed by atoms with van der Waals surface area (Å²) in [4.78, 5) is 0.326. The molecule has 0 aliphatic carbocycles. The smallest absolute Gasteiger partial charge is 0.240 e. The minimum Gasteiger partial charge on any atom is -0.381 e. The van der Waals surface area contributed by atoms with Crippen molar-refractivity contribution in [1.82, 2.24) is 10.0 Å². The molecule has 0 amide bonds. The topological polar surface area (TPSA) is 67.4 Å². The SMILES string of the molecule is CNCCc1ccc(S(=O)(=O)NCC2CCCOC2)cc1. The summed E-state index contributed by atoms with van der Waals surface area (Å²) in [6.07, 6.45) is 2.92. The van der Waals surface area contributed by atoms with Crippen molar-refractivity contribution >= 4 is 10.0 Å². The predicted molar refractivity (Wildman–Crippen MR) is 82.8 cm³/mol. The molecule has 0 radical (unpaired) electrons. The van der Waals surface area contributed by atoms with E-state index >= 15 is 0 Å². The van der Waals surface area contributed by atoms with E-state index in [1.807, 2.05) is 19.2 Å². The summed E-state index contributed by atoms with van der Waals surface area (Å²) in [7, 11) is -1.52. The van der Waals surface area contributed by atoms with Crippen molar-refractivity contribution in [3.63, 3.8) is 0 Å². The zero-order valence-electron chi connectivity index (χ0n) is 12.5. The van der Waals surface area contributed by atoms with Crippen molar-refractivity contribution in [3.05, 3.63) is 29.8 Å². The van der Waals surface area contributed by atoms with Crippen LogP contribution >= 0.6 is 0 Å². The molecule has 1 aliphatic rings. The van der Waals surface area contributed by atoms with E-state index in [0.717, 1.165) is 38.0 Å². The highest BCUT2D eigenvalue weighted by atomic mass is 32.2. The van der Waals surface area contributed by atoms with Crippen LogP contribution in [0.3, 0.4) is 0 Å². The zero-order chi connectivity index (χ0) is 15.1. The van der Waals surface area contributed by atoms with E-state index in [4.69, 9.17) is 4.74 Å². The first-order valence-corrected chi connectivity index (χ1v) is 8.91. The van der Waals surface area contributed by atoms with Crippen molar-refractivity contribution in [1.29, 1.82) is 0 Å². The van der Waals surface area contributed by atoms with E-state index in [9.17, 15) is 8.42 Å². The molecule has 1 heterocycles. The van der Waals surface area contributed by atoms with Gasteiger partial charge in [0.1, 0.15) is 0 Å². The number of benzene rings is 1. The largest absolute Gasteiger partial charge is 0.381 e. The van der Waals surface area contributed by atoms with Crippen LogP contribution < -0.4 is 10.0 Å². The minimum atomic E-state index is -3.42. The van der Waals surface area contributed by atoms with Crippen LogP contribution in [0.5, 0.6) is 0 Å². The maximum atomic E-state index is 12.2. The van der Waals surface area contributed by atoms with Crippen LogP contribution in [0.25, 0.3) is 0 Å². The Bertz CT molecular complexity index is 522. The molecule has 0 aromatic heterocycles. The Balaban J connectivity index is 1.91. The number of hydrogen-bond acceptors (Lipinski definition) is 4. The van der Waals surface area contributed by atoms with Gasteiger partial charge in [0, 0.05) is 13.2 Å². The number of rotatable bonds is 7. The van der Waals surface area contributed by atoms with Crippen molar-refractivity contribution < 1.29 is 13.2 Å². The van der Waals surface area contributed by atoms with Gasteiger partial charge in [0.2, 0.25) is 10.0 Å². The van der Waals surface area contributed by atoms with Gasteiger partial charge in [0.15, 0.2) is 0 Å². The molecule has 1 fully saturated rings. The van der Waals surface area contributed by atoms with E-state index in [1.54, 1.807) is 12.1 Å². The van der Waals surface area contributed by atoms with Crippen LogP contribution in [0.4, 0.5) is 0 Å². The average molecular weight is 312 g/mol. The Morgan fingerprint density at radius 1 is 1.29 bits per heavy atom. The maximum Gasteiger partial charge on any atom is 0.240 e. The number of nitrogens with one attached hydrogen (secondary N) is 2. The Morgan fingerprint density at radius 2 is 2.05 bits per heavy atom. The molecule has 0 saturated carbocycles. The third kappa shape index (κ3) is 5.07. The molecular formula is C15H24N2O3S. The second-order valence-electron chi connectivity index (χ2n) is 5.43. The third-order valence-electron chi connectivity index (χ3n) is 3.71. The highest BCUT2D eigenvalue weighted by molar-refractivity contribution is 7.89. The summed E-state index contributed by atoms with van der Waals surface area (Å²) in [5.41, 5.74) is 1.13. The minimum absolute atomic E-state index is 0.281. The van der Waals surface area contributed by atoms with E-state index in [1.165, 1.54) is 0 Å². The number of likely N-dealkylation sites (N-methyl/N-ethyl adjacent to an activating group) is 1. The van der Waals surface area contributed by atoms with Crippen LogP contribution in [-0.4, -0.2) is 41.8 Å². The first-order valence-electron chi connectivity index (χ1n) is 7.43. The summed E-state index contributed by atoms with van der Waals surface area (Å²) in [5, 5.41) is 3.08. The number of ether oxygens (including phenoxy) is 1. The first-order chi connectivity index (χ1) is 10.1. The van der Waals surface area contributed by atoms with Gasteiger partial charge in [-0.25, -0.2) is 13.1 Å². The molecular weight excluding hydrogens is 288 g/mol. The normalized spacial score (nSPS) is 19.6. The molecule has 118 valence electrons. The average Bonchev–Trinajstić information content (AvgIpc) is 2.52. The van der Waals surface area contributed by atoms with Gasteiger partial charge in [-0.3, -0.25) is 0 Å². The maximum absolute atomic E-state index is 12.2. The molecule has 21 heavy (non-hydrogen) atoms. The molecule has 1 aliphatic heterocycles. The van der Waals surface area contributed by atoms with E-state index in [-0.39, 0.29) is 5.92 Å². The zero-order valence-corrected chi connectivity index (χ0v) is 13.3. The van der Waals surface area contributed by atoms with Gasteiger partial charge < -0.3 is 10.1 Å². The Labute approximate surface area is 127 Å². The molecule has 1 unspecified atom stereocenters. The lowest BCUT2D eigenvalue weighted by atomic mass is 10.0. The van der Waals surface area contributed by atoms with E-state index in [0.29, 0.717) is 18.0 Å². The van der Waals surface area contributed by atoms with Gasteiger partial charge in [-0.2, -0.15) is 0 Å². The molecule has 1 atom stereocenters. The van der Waals surface area contributed by atoms with Gasteiger partial charge in [-0.1, -0.05) is 12.1 Å². The highest BCUT2D eigenvalue weighted by Gasteiger charge is 2.19. The third-order valence-corrected chi connectivity index (χ3v) is 5.15. The molecule has 0 spiro atoms. The monoisotopic (exact) mass is 312 g/mol. The molecule has 5 nitrogen and oxygen atoms in total. The van der Waals surface area contributed by atoms with Crippen LogP contribution in [0.1, 0.15) is 18.4 Å². The first kappa shape index (κ1) is 16.4. The van der Waals surface area contributed by atoms with Gasteiger partial charge in [-0.05, 0) is 56.5 Å². The van der Waals surface area contributed by atoms with E-state index in [2.05, 4.69) is 10.0 Å². The molecule has 6 heteroatoms. The van der Waals surface area contributed by atoms with Gasteiger partial charge in [-0.15, -0.1) is 0 Å². The molecule has 2 N–H and O–H groups in total. The van der Waals surface area contributed by atoms with Crippen molar-refractivity contribution in [2.24, 2.45) is 5.92 Å². The highest BCUT2D eigenvalue weighted by Crippen LogP contribution is 2.15. The summed E-state index contributed by atoms with van der Waals surface area (Å²) in [6.45, 7) is 2.76. The fraction of sp³-hybridized carbons (Fsp3) is 0.600. The van der Waals surface area contributed by atoms with Gasteiger partial charge >= 0.3 is 0 Å². The van der Waals surface area contributed by atoms with E-state index < -0.39 is 10.0 Å². The quantitative estimate of drug-likeness (QED) is 0.793. The molecule has 0 bridgehead atoms. The van der Waals surface area contributed by atoms with Crippen LogP contribution in [0.15, 0.2) is 29.2 Å². The Hall–Kier alpha value is -0.950. The summed E-state index contributed by atoms with van der Waals surface area (Å²) in [6, 6.07) is 7.08. The van der Waals surface area contributed by atoms with Crippen LogP contribution in [-0.2, 0) is 21.2 Å². The Kier molecular flexibility index (Phi) is 6.17. The molecule has 2 rings (SSSR count).